The van der Waals surface area contributed by atoms with E-state index in [-0.39, 0.29) is 13.2 Å². The Morgan fingerprint density at radius 3 is 2.31 bits per heavy atom. The topological polar surface area (TPSA) is 56.2 Å². The fraction of sp³-hybridized carbons (Fsp3) is 1.00. The summed E-state index contributed by atoms with van der Waals surface area (Å²) >= 11 is 0. The number of nitrogens with zero attached hydrogens (tertiary/aromatic N) is 1. The van der Waals surface area contributed by atoms with Crippen molar-refractivity contribution < 1.29 is 14.9 Å². The Morgan fingerprint density at radius 2 is 1.92 bits per heavy atom. The number of hydrogen-bond donors (Lipinski definition) is 2. The van der Waals surface area contributed by atoms with Gasteiger partial charge in [-0.15, -0.1) is 0 Å². The summed E-state index contributed by atoms with van der Waals surface area (Å²) in [6.07, 6.45) is 1.41. The van der Waals surface area contributed by atoms with Gasteiger partial charge in [-0.2, -0.15) is 0 Å². The Labute approximate surface area is 79.1 Å². The Bertz CT molecular complexity index is 133. The Kier molecular flexibility index (Phi) is 4.66. The summed E-state index contributed by atoms with van der Waals surface area (Å²) in [5.74, 6) is 0. The maximum absolute atomic E-state index is 8.81. The molecule has 0 bridgehead atoms. The summed E-state index contributed by atoms with van der Waals surface area (Å²) in [5.41, 5.74) is 0. The average molecular weight is 189 g/mol. The van der Waals surface area contributed by atoms with E-state index in [0.717, 1.165) is 13.0 Å². The smallest absolute Gasteiger partial charge is 0.0824 e. The first-order valence-corrected chi connectivity index (χ1v) is 4.85. The first kappa shape index (κ1) is 10.9. The quantitative estimate of drug-likeness (QED) is 0.528. The SMILES string of the molecule is CC(CC1CO1)N(CCO)CCO. The number of aliphatic hydroxyl groups excluding tert-OH is 2. The lowest BCUT2D eigenvalue weighted by atomic mass is 10.1. The van der Waals surface area contributed by atoms with E-state index in [0.29, 0.717) is 25.2 Å². The van der Waals surface area contributed by atoms with E-state index in [1.54, 1.807) is 0 Å². The molecular formula is C9H19NO3. The van der Waals surface area contributed by atoms with Crippen molar-refractivity contribution >= 4 is 0 Å². The second kappa shape index (κ2) is 5.54. The second-order valence-corrected chi connectivity index (χ2v) is 3.52. The molecule has 0 saturated carbocycles. The molecule has 1 rings (SSSR count). The molecule has 1 heterocycles. The molecule has 78 valence electrons. The van der Waals surface area contributed by atoms with E-state index in [4.69, 9.17) is 14.9 Å². The van der Waals surface area contributed by atoms with Gasteiger partial charge in [0.1, 0.15) is 0 Å². The zero-order valence-electron chi connectivity index (χ0n) is 8.15. The largest absolute Gasteiger partial charge is 0.395 e. The minimum absolute atomic E-state index is 0.149. The minimum atomic E-state index is 0.149. The van der Waals surface area contributed by atoms with Gasteiger partial charge >= 0.3 is 0 Å². The molecule has 2 N–H and O–H groups in total. The van der Waals surface area contributed by atoms with Crippen LogP contribution in [0.5, 0.6) is 0 Å². The van der Waals surface area contributed by atoms with E-state index < -0.39 is 0 Å². The molecule has 1 fully saturated rings. The van der Waals surface area contributed by atoms with Crippen molar-refractivity contribution in [2.45, 2.75) is 25.5 Å². The van der Waals surface area contributed by atoms with Crippen LogP contribution in [0, 0.1) is 0 Å². The molecule has 2 unspecified atom stereocenters. The number of hydrogen-bond acceptors (Lipinski definition) is 4. The third-order valence-corrected chi connectivity index (χ3v) is 2.40. The van der Waals surface area contributed by atoms with Crippen LogP contribution in [0.3, 0.4) is 0 Å². The molecule has 4 heteroatoms. The van der Waals surface area contributed by atoms with Gasteiger partial charge in [-0.1, -0.05) is 0 Å². The van der Waals surface area contributed by atoms with E-state index in [9.17, 15) is 0 Å². The summed E-state index contributed by atoms with van der Waals surface area (Å²) in [6, 6.07) is 0.381. The lowest BCUT2D eigenvalue weighted by Crippen LogP contribution is -2.38. The van der Waals surface area contributed by atoms with Crippen molar-refractivity contribution in [2.75, 3.05) is 32.9 Å². The van der Waals surface area contributed by atoms with Crippen molar-refractivity contribution in [3.05, 3.63) is 0 Å². The molecule has 0 spiro atoms. The van der Waals surface area contributed by atoms with Crippen LogP contribution >= 0.6 is 0 Å². The fourth-order valence-electron chi connectivity index (χ4n) is 1.54. The second-order valence-electron chi connectivity index (χ2n) is 3.52. The van der Waals surface area contributed by atoms with Crippen LogP contribution in [0.4, 0.5) is 0 Å². The number of epoxide rings is 1. The molecule has 0 aromatic carbocycles. The first-order chi connectivity index (χ1) is 6.27. The molecule has 0 aliphatic carbocycles. The van der Waals surface area contributed by atoms with E-state index in [2.05, 4.69) is 11.8 Å². The van der Waals surface area contributed by atoms with Gasteiger partial charge in [-0.05, 0) is 13.3 Å². The average Bonchev–Trinajstić information content (AvgIpc) is 2.88. The molecule has 0 amide bonds. The number of rotatable bonds is 7. The zero-order chi connectivity index (χ0) is 9.68. The molecule has 1 saturated heterocycles. The van der Waals surface area contributed by atoms with Crippen molar-refractivity contribution in [1.82, 2.24) is 4.90 Å². The summed E-state index contributed by atoms with van der Waals surface area (Å²) in [5, 5.41) is 17.6. The van der Waals surface area contributed by atoms with Crippen molar-refractivity contribution in [3.8, 4) is 0 Å². The molecule has 1 aliphatic heterocycles. The lowest BCUT2D eigenvalue weighted by Gasteiger charge is -2.27. The summed E-state index contributed by atoms with van der Waals surface area (Å²) in [6.45, 7) is 4.54. The third kappa shape index (κ3) is 4.04. The molecule has 0 aromatic rings. The number of ether oxygens (including phenoxy) is 1. The molecule has 2 atom stereocenters. The maximum Gasteiger partial charge on any atom is 0.0824 e. The third-order valence-electron chi connectivity index (χ3n) is 2.40. The summed E-state index contributed by atoms with van der Waals surface area (Å²) in [4.78, 5) is 2.08. The van der Waals surface area contributed by atoms with Crippen molar-refractivity contribution in [1.29, 1.82) is 0 Å². The van der Waals surface area contributed by atoms with Crippen molar-refractivity contribution in [3.63, 3.8) is 0 Å². The van der Waals surface area contributed by atoms with E-state index >= 15 is 0 Å². The van der Waals surface area contributed by atoms with Gasteiger partial charge in [-0.25, -0.2) is 0 Å². The normalized spacial score (nSPS) is 23.5. The molecule has 0 aromatic heterocycles. The molecule has 4 nitrogen and oxygen atoms in total. The highest BCUT2D eigenvalue weighted by atomic mass is 16.6. The molecule has 13 heavy (non-hydrogen) atoms. The van der Waals surface area contributed by atoms with Crippen LogP contribution in [0.25, 0.3) is 0 Å². The van der Waals surface area contributed by atoms with Crippen LogP contribution in [-0.2, 0) is 4.74 Å². The van der Waals surface area contributed by atoms with Crippen LogP contribution in [0.2, 0.25) is 0 Å². The molecule has 1 aliphatic rings. The molecule has 0 radical (unpaired) electrons. The van der Waals surface area contributed by atoms with Gasteiger partial charge < -0.3 is 14.9 Å². The van der Waals surface area contributed by atoms with Crippen LogP contribution < -0.4 is 0 Å². The lowest BCUT2D eigenvalue weighted by molar-refractivity contribution is 0.120. The van der Waals surface area contributed by atoms with Gasteiger partial charge in [0.15, 0.2) is 0 Å². The predicted octanol–water partition coefficient (Wildman–Crippen LogP) is -0.550. The van der Waals surface area contributed by atoms with Gasteiger partial charge in [-0.3, -0.25) is 4.90 Å². The first-order valence-electron chi connectivity index (χ1n) is 4.85. The van der Waals surface area contributed by atoms with E-state index in [1.165, 1.54) is 0 Å². The Hall–Kier alpha value is -0.160. The Balaban J connectivity index is 2.22. The van der Waals surface area contributed by atoms with Crippen molar-refractivity contribution in [2.24, 2.45) is 0 Å². The van der Waals surface area contributed by atoms with Crippen LogP contribution in [0.1, 0.15) is 13.3 Å². The molecular weight excluding hydrogens is 170 g/mol. The van der Waals surface area contributed by atoms with E-state index in [1.807, 2.05) is 0 Å². The van der Waals surface area contributed by atoms with Crippen LogP contribution in [-0.4, -0.2) is 60.2 Å². The standard InChI is InChI=1S/C9H19NO3/c1-8(6-9-7-13-9)10(2-4-11)3-5-12/h8-9,11-12H,2-7H2,1H3. The highest BCUT2D eigenvalue weighted by Gasteiger charge is 2.26. The highest BCUT2D eigenvalue weighted by Crippen LogP contribution is 2.18. The number of aliphatic hydroxyl groups is 2. The summed E-state index contributed by atoms with van der Waals surface area (Å²) < 4.78 is 5.13. The fourth-order valence-corrected chi connectivity index (χ4v) is 1.54. The highest BCUT2D eigenvalue weighted by molar-refractivity contribution is 4.77. The Morgan fingerprint density at radius 1 is 1.38 bits per heavy atom. The summed E-state index contributed by atoms with van der Waals surface area (Å²) in [7, 11) is 0. The predicted molar refractivity (Wildman–Crippen MR) is 49.6 cm³/mol. The maximum atomic E-state index is 8.81. The van der Waals surface area contributed by atoms with Crippen LogP contribution in [0.15, 0.2) is 0 Å². The van der Waals surface area contributed by atoms with Gasteiger partial charge in [0.2, 0.25) is 0 Å². The zero-order valence-corrected chi connectivity index (χ0v) is 8.15. The van der Waals surface area contributed by atoms with Gasteiger partial charge in [0.25, 0.3) is 0 Å². The monoisotopic (exact) mass is 189 g/mol. The van der Waals surface area contributed by atoms with Gasteiger partial charge in [0, 0.05) is 19.1 Å². The minimum Gasteiger partial charge on any atom is -0.395 e. The van der Waals surface area contributed by atoms with Gasteiger partial charge in [0.05, 0.1) is 25.9 Å².